The summed E-state index contributed by atoms with van der Waals surface area (Å²) in [7, 11) is 3.08. The highest BCUT2D eigenvalue weighted by molar-refractivity contribution is 7.99. The SMILES string of the molecule is [C-]#[N+]c1cc(C=O)sc1N=Nc1cc(OC)c(N(CC)CC)cc1Nc1nc(Nc2cc(N(CC)CC)c(OC)cc2N=Nc2sc(C=O)c(S(=O)O)c2C#N)nc(SCC)n1. The molecule has 0 aliphatic heterocycles. The van der Waals surface area contributed by atoms with E-state index in [1.807, 2.05) is 46.8 Å². The van der Waals surface area contributed by atoms with E-state index in [2.05, 4.69) is 50.7 Å². The first-order chi connectivity index (χ1) is 30.0. The van der Waals surface area contributed by atoms with Gasteiger partial charge in [-0.3, -0.25) is 9.59 Å². The van der Waals surface area contributed by atoms with Gasteiger partial charge in [0.25, 0.3) is 0 Å². The second-order valence-electron chi connectivity index (χ2n) is 12.3. The molecular formula is C39H41N13O6S4. The Morgan fingerprint density at radius 2 is 1.37 bits per heavy atom. The molecule has 5 aromatic rings. The number of aromatic nitrogens is 3. The molecule has 0 bridgehead atoms. The van der Waals surface area contributed by atoms with Crippen molar-refractivity contribution in [2.75, 3.05) is 66.6 Å². The highest BCUT2D eigenvalue weighted by Gasteiger charge is 2.24. The van der Waals surface area contributed by atoms with E-state index in [9.17, 15) is 23.6 Å². The van der Waals surface area contributed by atoms with Crippen LogP contribution in [0.5, 0.6) is 11.5 Å². The highest BCUT2D eigenvalue weighted by atomic mass is 32.2. The number of methoxy groups -OCH3 is 2. The number of nitrogens with one attached hydrogen (secondary N) is 2. The number of thiophene rings is 2. The normalized spacial score (nSPS) is 11.6. The summed E-state index contributed by atoms with van der Waals surface area (Å²) < 4.78 is 33.4. The Labute approximate surface area is 372 Å². The van der Waals surface area contributed by atoms with Crippen LogP contribution in [0.25, 0.3) is 4.85 Å². The minimum absolute atomic E-state index is 0.0388. The van der Waals surface area contributed by atoms with Gasteiger partial charge in [0, 0.05) is 38.3 Å². The number of aldehydes is 2. The van der Waals surface area contributed by atoms with Crippen LogP contribution >= 0.6 is 34.4 Å². The lowest BCUT2D eigenvalue weighted by Crippen LogP contribution is -2.22. The molecule has 0 aliphatic carbocycles. The van der Waals surface area contributed by atoms with Crippen LogP contribution < -0.4 is 29.9 Å². The number of anilines is 6. The van der Waals surface area contributed by atoms with Crippen molar-refractivity contribution < 1.29 is 27.8 Å². The van der Waals surface area contributed by atoms with Crippen LogP contribution in [0.1, 0.15) is 59.5 Å². The van der Waals surface area contributed by atoms with Crippen LogP contribution in [-0.2, 0) is 11.1 Å². The first kappa shape index (κ1) is 46.7. The van der Waals surface area contributed by atoms with E-state index in [4.69, 9.17) is 26.0 Å². The van der Waals surface area contributed by atoms with Gasteiger partial charge in [0.2, 0.25) is 17.6 Å². The van der Waals surface area contributed by atoms with E-state index >= 15 is 0 Å². The van der Waals surface area contributed by atoms with Gasteiger partial charge in [-0.15, -0.1) is 38.0 Å². The number of thioether (sulfide) groups is 1. The molecule has 3 heterocycles. The van der Waals surface area contributed by atoms with Gasteiger partial charge in [-0.2, -0.15) is 25.3 Å². The Hall–Kier alpha value is -6.37. The Morgan fingerprint density at radius 3 is 1.79 bits per heavy atom. The first-order valence-electron chi connectivity index (χ1n) is 18.8. The summed E-state index contributed by atoms with van der Waals surface area (Å²) in [6.45, 7) is 20.2. The molecule has 0 radical (unpaired) electrons. The zero-order valence-electron chi connectivity index (χ0n) is 34.6. The molecule has 0 spiro atoms. The molecule has 0 fully saturated rings. The number of hydrogen-bond acceptors (Lipinski definition) is 20. The lowest BCUT2D eigenvalue weighted by atomic mass is 10.2. The number of carbonyl (C=O) groups excluding carboxylic acids is 2. The zero-order chi connectivity index (χ0) is 44.9. The maximum atomic E-state index is 12.1. The van der Waals surface area contributed by atoms with Crippen LogP contribution in [0.3, 0.4) is 0 Å². The van der Waals surface area contributed by atoms with Gasteiger partial charge in [0.05, 0.1) is 53.3 Å². The fourth-order valence-corrected chi connectivity index (χ4v) is 8.99. The molecule has 3 aromatic heterocycles. The van der Waals surface area contributed by atoms with Crippen molar-refractivity contribution in [1.82, 2.24) is 15.0 Å². The van der Waals surface area contributed by atoms with Crippen LogP contribution in [0.15, 0.2) is 60.8 Å². The largest absolute Gasteiger partial charge is 0.494 e. The molecule has 0 saturated carbocycles. The molecule has 3 N–H and O–H groups in total. The molecule has 1 atom stereocenters. The van der Waals surface area contributed by atoms with Gasteiger partial charge >= 0.3 is 0 Å². The second-order valence-corrected chi connectivity index (χ2v) is 16.5. The molecule has 0 aliphatic rings. The van der Waals surface area contributed by atoms with Crippen molar-refractivity contribution in [2.45, 2.75) is 44.7 Å². The van der Waals surface area contributed by atoms with Crippen molar-refractivity contribution >= 4 is 120 Å². The van der Waals surface area contributed by atoms with Gasteiger partial charge in [-0.1, -0.05) is 18.7 Å². The molecule has 322 valence electrons. The predicted octanol–water partition coefficient (Wildman–Crippen LogP) is 10.8. The van der Waals surface area contributed by atoms with Crippen molar-refractivity contribution in [2.24, 2.45) is 20.5 Å². The van der Waals surface area contributed by atoms with E-state index < -0.39 is 11.1 Å². The Balaban J connectivity index is 1.66. The topological polar surface area (TPSA) is 237 Å². The molecule has 0 saturated heterocycles. The third-order valence-electron chi connectivity index (χ3n) is 8.90. The number of carbonyl (C=O) groups is 2. The smallest absolute Gasteiger partial charge is 0.233 e. The molecule has 19 nitrogen and oxygen atoms in total. The first-order valence-corrected chi connectivity index (χ1v) is 22.6. The maximum Gasteiger partial charge on any atom is 0.233 e. The van der Waals surface area contributed by atoms with E-state index in [1.165, 1.54) is 24.9 Å². The average molecular weight is 916 g/mol. The van der Waals surface area contributed by atoms with Gasteiger partial charge in [-0.25, -0.2) is 9.05 Å². The summed E-state index contributed by atoms with van der Waals surface area (Å²) in [5.74, 6) is 1.86. The predicted molar refractivity (Wildman–Crippen MR) is 244 cm³/mol. The zero-order valence-corrected chi connectivity index (χ0v) is 37.9. The minimum atomic E-state index is -2.62. The molecule has 23 heteroatoms. The summed E-state index contributed by atoms with van der Waals surface area (Å²) in [5.41, 5.74) is 2.80. The van der Waals surface area contributed by atoms with E-state index in [1.54, 1.807) is 25.3 Å². The van der Waals surface area contributed by atoms with Gasteiger partial charge in [0.15, 0.2) is 33.8 Å². The average Bonchev–Trinajstić information content (AvgIpc) is 3.87. The van der Waals surface area contributed by atoms with Crippen LogP contribution in [0.4, 0.5) is 61.7 Å². The summed E-state index contributed by atoms with van der Waals surface area (Å²) in [5, 5.41) is 34.6. The third-order valence-corrected chi connectivity index (χ3v) is 12.5. The monoisotopic (exact) mass is 915 g/mol. The number of hydrogen-bond donors (Lipinski definition) is 3. The Bertz CT molecular complexity index is 2610. The molecule has 5 rings (SSSR count). The molecule has 0 amide bonds. The molecule has 62 heavy (non-hydrogen) atoms. The van der Waals surface area contributed by atoms with Crippen LogP contribution in [0, 0.1) is 17.9 Å². The van der Waals surface area contributed by atoms with E-state index in [0.717, 1.165) is 28.4 Å². The Kier molecular flexibility index (Phi) is 16.5. The van der Waals surface area contributed by atoms with Crippen molar-refractivity contribution in [3.05, 3.63) is 57.1 Å². The summed E-state index contributed by atoms with van der Waals surface area (Å²) in [6.07, 6.45) is 1.05. The van der Waals surface area contributed by atoms with Crippen LogP contribution in [0.2, 0.25) is 0 Å². The standard InChI is InChI=1S/C39H41N13O6S4/c1-9-51(10-2)29-15-24(26(17-31(29)57-7)47-49-35-23(19-40)34(62(55)56)33(21-54)61-35)42-37-44-38(46-39(45-37)59-13-5)43-25-16-30(52(11-3)12-4)32(58-8)18-27(25)48-50-36-28(41-6)14-22(20-53)60-36/h14-18,20-21H,9-13H2,1-5,7-8H3,(H,55,56)(H2,42,43,44,45,46). The summed E-state index contributed by atoms with van der Waals surface area (Å²) in [6, 6.07) is 10.3. The number of nitriles is 1. The van der Waals surface area contributed by atoms with E-state index in [0.29, 0.717) is 88.8 Å². The second kappa shape index (κ2) is 21.9. The lowest BCUT2D eigenvalue weighted by molar-refractivity contribution is 0.111. The quantitative estimate of drug-likeness (QED) is 0.0204. The number of benzene rings is 2. The fraction of sp³-hybridized carbons (Fsp3) is 0.308. The summed E-state index contributed by atoms with van der Waals surface area (Å²) in [4.78, 5) is 44.9. The van der Waals surface area contributed by atoms with E-state index in [-0.39, 0.29) is 48.6 Å². The number of nitrogens with zero attached hydrogens (tertiary/aromatic N) is 11. The third kappa shape index (κ3) is 10.6. The lowest BCUT2D eigenvalue weighted by Gasteiger charge is -2.25. The van der Waals surface area contributed by atoms with Gasteiger partial charge < -0.3 is 34.5 Å². The van der Waals surface area contributed by atoms with Crippen LogP contribution in [-0.4, -0.2) is 82.4 Å². The molecule has 2 aromatic carbocycles. The minimum Gasteiger partial charge on any atom is -0.494 e. The van der Waals surface area contributed by atoms with Gasteiger partial charge in [0.1, 0.15) is 44.4 Å². The van der Waals surface area contributed by atoms with Crippen molar-refractivity contribution in [3.63, 3.8) is 0 Å². The Morgan fingerprint density at radius 1 is 0.839 bits per heavy atom. The van der Waals surface area contributed by atoms with Gasteiger partial charge in [-0.05, 0) is 51.6 Å². The number of ether oxygens (including phenoxy) is 2. The highest BCUT2D eigenvalue weighted by Crippen LogP contribution is 2.45. The molecular weight excluding hydrogens is 875 g/mol. The number of azo groups is 2. The van der Waals surface area contributed by atoms with Crippen molar-refractivity contribution in [3.8, 4) is 17.6 Å². The fourth-order valence-electron chi connectivity index (χ4n) is 5.97. The number of rotatable bonds is 21. The van der Waals surface area contributed by atoms with Crippen molar-refractivity contribution in [1.29, 1.82) is 5.26 Å². The summed E-state index contributed by atoms with van der Waals surface area (Å²) >= 11 is 0.552. The maximum absolute atomic E-state index is 12.1. The molecule has 1 unspecified atom stereocenters.